The summed E-state index contributed by atoms with van der Waals surface area (Å²) in [4.78, 5) is 25.5. The van der Waals surface area contributed by atoms with Crippen LogP contribution in [0, 0.1) is 5.41 Å². The first-order valence-corrected chi connectivity index (χ1v) is 8.37. The summed E-state index contributed by atoms with van der Waals surface area (Å²) in [5.41, 5.74) is 5.93. The lowest BCUT2D eigenvalue weighted by molar-refractivity contribution is -0.148. The highest BCUT2D eigenvalue weighted by Gasteiger charge is 2.49. The van der Waals surface area contributed by atoms with Crippen molar-refractivity contribution in [3.8, 4) is 5.75 Å². The molecular formula is C18H24N2O4. The lowest BCUT2D eigenvalue weighted by atomic mass is 9.60. The predicted molar refractivity (Wildman–Crippen MR) is 88.7 cm³/mol. The average molecular weight is 332 g/mol. The maximum Gasteiger partial charge on any atom is 0.253 e. The first kappa shape index (κ1) is 16.8. The van der Waals surface area contributed by atoms with E-state index in [4.69, 9.17) is 15.2 Å². The van der Waals surface area contributed by atoms with Crippen LogP contribution in [0.4, 0.5) is 0 Å². The molecular weight excluding hydrogens is 308 g/mol. The van der Waals surface area contributed by atoms with E-state index in [1.807, 2.05) is 23.1 Å². The van der Waals surface area contributed by atoms with Crippen molar-refractivity contribution in [1.82, 2.24) is 4.90 Å². The van der Waals surface area contributed by atoms with Gasteiger partial charge in [0.05, 0.1) is 13.2 Å². The third-order valence-electron chi connectivity index (χ3n) is 5.38. The van der Waals surface area contributed by atoms with E-state index in [2.05, 4.69) is 0 Å². The van der Waals surface area contributed by atoms with Gasteiger partial charge >= 0.3 is 0 Å². The molecule has 1 atom stereocenters. The zero-order valence-corrected chi connectivity index (χ0v) is 14.0. The van der Waals surface area contributed by atoms with Crippen molar-refractivity contribution < 1.29 is 19.1 Å². The molecule has 2 aliphatic rings. The standard InChI is InChI=1S/C18H24N2O4/c1-23-14-4-2-3-13(11-14)17(22)20-9-7-18(8-10-20)6-5-15(18)24-12-16(19)21/h2-4,11,15H,5-10,12H2,1H3,(H2,19,21). The van der Waals surface area contributed by atoms with Gasteiger partial charge < -0.3 is 20.1 Å². The van der Waals surface area contributed by atoms with Crippen molar-refractivity contribution in [2.45, 2.75) is 31.8 Å². The number of primary amides is 1. The fourth-order valence-corrected chi connectivity index (χ4v) is 3.78. The zero-order chi connectivity index (χ0) is 17.2. The molecule has 2 fully saturated rings. The van der Waals surface area contributed by atoms with Crippen LogP contribution < -0.4 is 10.5 Å². The van der Waals surface area contributed by atoms with Crippen LogP contribution in [0.25, 0.3) is 0 Å². The summed E-state index contributed by atoms with van der Waals surface area (Å²) in [5, 5.41) is 0. The zero-order valence-electron chi connectivity index (χ0n) is 14.0. The molecule has 1 aliphatic heterocycles. The summed E-state index contributed by atoms with van der Waals surface area (Å²) in [6, 6.07) is 7.25. The molecule has 1 spiro atoms. The Morgan fingerprint density at radius 3 is 2.62 bits per heavy atom. The molecule has 1 aromatic rings. The Morgan fingerprint density at radius 2 is 2.04 bits per heavy atom. The lowest BCUT2D eigenvalue weighted by Crippen LogP contribution is -2.54. The van der Waals surface area contributed by atoms with Crippen LogP contribution in [0.5, 0.6) is 5.75 Å². The van der Waals surface area contributed by atoms with Crippen LogP contribution >= 0.6 is 0 Å². The smallest absolute Gasteiger partial charge is 0.253 e. The molecule has 0 bridgehead atoms. The van der Waals surface area contributed by atoms with Gasteiger partial charge in [-0.2, -0.15) is 0 Å². The number of benzene rings is 1. The number of piperidine rings is 1. The normalized spacial score (nSPS) is 22.0. The first-order valence-electron chi connectivity index (χ1n) is 8.37. The second kappa shape index (κ2) is 6.81. The number of hydrogen-bond donors (Lipinski definition) is 1. The van der Waals surface area contributed by atoms with Gasteiger partial charge in [0.15, 0.2) is 0 Å². The Morgan fingerprint density at radius 1 is 1.29 bits per heavy atom. The molecule has 2 N–H and O–H groups in total. The van der Waals surface area contributed by atoms with Crippen molar-refractivity contribution >= 4 is 11.8 Å². The highest BCUT2D eigenvalue weighted by Crippen LogP contribution is 2.50. The molecule has 6 nitrogen and oxygen atoms in total. The van der Waals surface area contributed by atoms with E-state index in [9.17, 15) is 9.59 Å². The SMILES string of the molecule is COc1cccc(C(=O)N2CCC3(CCC3OCC(N)=O)CC2)c1. The second-order valence-corrected chi connectivity index (χ2v) is 6.69. The fraction of sp³-hybridized carbons (Fsp3) is 0.556. The molecule has 0 radical (unpaired) electrons. The molecule has 1 unspecified atom stereocenters. The number of likely N-dealkylation sites (tertiary alicyclic amines) is 1. The molecule has 0 aromatic heterocycles. The predicted octanol–water partition coefficient (Wildman–Crippen LogP) is 1.58. The highest BCUT2D eigenvalue weighted by atomic mass is 16.5. The van der Waals surface area contributed by atoms with Gasteiger partial charge in [0.2, 0.25) is 5.91 Å². The molecule has 2 amide bonds. The Balaban J connectivity index is 1.58. The van der Waals surface area contributed by atoms with Crippen LogP contribution in [0.3, 0.4) is 0 Å². The largest absolute Gasteiger partial charge is 0.497 e. The number of hydrogen-bond acceptors (Lipinski definition) is 4. The molecule has 1 saturated carbocycles. The van der Waals surface area contributed by atoms with Gasteiger partial charge in [0.1, 0.15) is 12.4 Å². The maximum absolute atomic E-state index is 12.7. The van der Waals surface area contributed by atoms with Gasteiger partial charge in [-0.25, -0.2) is 0 Å². The van der Waals surface area contributed by atoms with Gasteiger partial charge in [-0.1, -0.05) is 6.07 Å². The Bertz CT molecular complexity index is 623. The van der Waals surface area contributed by atoms with Crippen molar-refractivity contribution in [1.29, 1.82) is 0 Å². The van der Waals surface area contributed by atoms with E-state index < -0.39 is 5.91 Å². The molecule has 3 rings (SSSR count). The minimum atomic E-state index is -0.428. The quantitative estimate of drug-likeness (QED) is 0.887. The number of nitrogens with two attached hydrogens (primary N) is 1. The van der Waals surface area contributed by atoms with E-state index in [0.717, 1.165) is 25.7 Å². The third-order valence-corrected chi connectivity index (χ3v) is 5.38. The van der Waals surface area contributed by atoms with Gasteiger partial charge in [-0.15, -0.1) is 0 Å². The fourth-order valence-electron chi connectivity index (χ4n) is 3.78. The summed E-state index contributed by atoms with van der Waals surface area (Å²) in [7, 11) is 1.59. The van der Waals surface area contributed by atoms with Crippen molar-refractivity contribution in [3.63, 3.8) is 0 Å². The first-order chi connectivity index (χ1) is 11.5. The van der Waals surface area contributed by atoms with Crippen LogP contribution in [-0.4, -0.2) is 49.6 Å². The van der Waals surface area contributed by atoms with Gasteiger partial charge in [0, 0.05) is 24.1 Å². The minimum absolute atomic E-state index is 0.0150. The van der Waals surface area contributed by atoms with Crippen LogP contribution in [0.2, 0.25) is 0 Å². The topological polar surface area (TPSA) is 81.9 Å². The number of carbonyl (C=O) groups is 2. The molecule has 24 heavy (non-hydrogen) atoms. The summed E-state index contributed by atoms with van der Waals surface area (Å²) in [5.74, 6) is 0.300. The summed E-state index contributed by atoms with van der Waals surface area (Å²) in [6.07, 6.45) is 3.98. The number of methoxy groups -OCH3 is 1. The van der Waals surface area contributed by atoms with Crippen molar-refractivity contribution in [3.05, 3.63) is 29.8 Å². The number of ether oxygens (including phenoxy) is 2. The highest BCUT2D eigenvalue weighted by molar-refractivity contribution is 5.94. The van der Waals surface area contributed by atoms with E-state index in [0.29, 0.717) is 24.4 Å². The Kier molecular flexibility index (Phi) is 4.76. The molecule has 6 heteroatoms. The van der Waals surface area contributed by atoms with Crippen LogP contribution in [0.1, 0.15) is 36.0 Å². The van der Waals surface area contributed by atoms with Gasteiger partial charge in [0.25, 0.3) is 5.91 Å². The van der Waals surface area contributed by atoms with Crippen LogP contribution in [0.15, 0.2) is 24.3 Å². The van der Waals surface area contributed by atoms with E-state index in [-0.39, 0.29) is 24.0 Å². The minimum Gasteiger partial charge on any atom is -0.497 e. The average Bonchev–Trinajstić information content (AvgIpc) is 2.60. The van der Waals surface area contributed by atoms with Crippen molar-refractivity contribution in [2.75, 3.05) is 26.8 Å². The maximum atomic E-state index is 12.7. The molecule has 1 heterocycles. The third kappa shape index (κ3) is 3.24. The van der Waals surface area contributed by atoms with Crippen molar-refractivity contribution in [2.24, 2.45) is 11.1 Å². The molecule has 1 aliphatic carbocycles. The summed E-state index contributed by atoms with van der Waals surface area (Å²) < 4.78 is 10.8. The molecule has 1 aromatic carbocycles. The Labute approximate surface area is 141 Å². The Hall–Kier alpha value is -2.08. The summed E-state index contributed by atoms with van der Waals surface area (Å²) in [6.45, 7) is 1.41. The lowest BCUT2D eigenvalue weighted by Gasteiger charge is -2.53. The monoisotopic (exact) mass is 332 g/mol. The van der Waals surface area contributed by atoms with E-state index >= 15 is 0 Å². The van der Waals surface area contributed by atoms with Gasteiger partial charge in [-0.3, -0.25) is 9.59 Å². The number of amides is 2. The number of nitrogens with zero attached hydrogens (tertiary/aromatic N) is 1. The van der Waals surface area contributed by atoms with Crippen LogP contribution in [-0.2, 0) is 9.53 Å². The van der Waals surface area contributed by atoms with E-state index in [1.54, 1.807) is 13.2 Å². The van der Waals surface area contributed by atoms with Gasteiger partial charge in [-0.05, 0) is 43.9 Å². The second-order valence-electron chi connectivity index (χ2n) is 6.69. The summed E-state index contributed by atoms with van der Waals surface area (Å²) >= 11 is 0. The number of carbonyl (C=O) groups excluding carboxylic acids is 2. The molecule has 1 saturated heterocycles. The van der Waals surface area contributed by atoms with E-state index in [1.165, 1.54) is 0 Å². The molecule has 130 valence electrons. The number of rotatable bonds is 5.